The molecule has 190 valence electrons. The highest BCUT2D eigenvalue weighted by Crippen LogP contribution is 2.55. The van der Waals surface area contributed by atoms with E-state index in [0.717, 1.165) is 42.0 Å². The molecule has 0 aromatic heterocycles. The molecule has 36 heavy (non-hydrogen) atoms. The molecule has 1 spiro atoms. The van der Waals surface area contributed by atoms with Gasteiger partial charge in [0.1, 0.15) is 5.75 Å². The van der Waals surface area contributed by atoms with Gasteiger partial charge in [-0.15, -0.1) is 0 Å². The molecule has 1 heterocycles. The molecule has 2 amide bonds. The number of nitrogens with zero attached hydrogens (tertiary/aromatic N) is 2. The first kappa shape index (κ1) is 25.2. The Balaban J connectivity index is 1.45. The van der Waals surface area contributed by atoms with E-state index in [1.807, 2.05) is 34.8 Å². The molecule has 7 heteroatoms. The molecule has 2 aliphatic carbocycles. The highest BCUT2D eigenvalue weighted by molar-refractivity contribution is 14.1. The summed E-state index contributed by atoms with van der Waals surface area (Å²) in [5, 5.41) is 2.49. The van der Waals surface area contributed by atoms with Crippen molar-refractivity contribution in [1.82, 2.24) is 10.2 Å². The van der Waals surface area contributed by atoms with Crippen molar-refractivity contribution in [3.05, 3.63) is 47.0 Å². The lowest BCUT2D eigenvalue weighted by molar-refractivity contribution is -0.131. The normalized spacial score (nSPS) is 20.6. The van der Waals surface area contributed by atoms with Crippen LogP contribution in [0.25, 0.3) is 11.1 Å². The number of benzene rings is 2. The number of aliphatic imine (C=N–C) groups is 1. The molecule has 0 bridgehead atoms. The molecule has 5 rings (SSSR count). The second-order valence-corrected chi connectivity index (χ2v) is 11.0. The van der Waals surface area contributed by atoms with E-state index in [0.29, 0.717) is 18.4 Å². The van der Waals surface area contributed by atoms with Crippen LogP contribution in [0, 0.1) is 6.92 Å². The van der Waals surface area contributed by atoms with Crippen molar-refractivity contribution in [2.45, 2.75) is 76.7 Å². The summed E-state index contributed by atoms with van der Waals surface area (Å²) in [5.41, 5.74) is 8.82. The summed E-state index contributed by atoms with van der Waals surface area (Å²) in [7, 11) is 0. The van der Waals surface area contributed by atoms with E-state index in [-0.39, 0.29) is 18.5 Å². The quantitative estimate of drug-likeness (QED) is 0.242. The van der Waals surface area contributed by atoms with E-state index in [4.69, 9.17) is 8.06 Å². The topological polar surface area (TPSA) is 71.0 Å². The molecule has 0 radical (unpaired) electrons. The van der Waals surface area contributed by atoms with Crippen LogP contribution in [-0.4, -0.2) is 42.1 Å². The van der Waals surface area contributed by atoms with Crippen molar-refractivity contribution in [2.24, 2.45) is 4.99 Å². The van der Waals surface area contributed by atoms with Crippen molar-refractivity contribution in [1.29, 1.82) is 0 Å². The average Bonchev–Trinajstić information content (AvgIpc) is 3.65. The molecule has 1 saturated heterocycles. The lowest BCUT2D eigenvalue weighted by atomic mass is 9.76. The Morgan fingerprint density at radius 1 is 1.22 bits per heavy atom. The number of nitrogens with one attached hydrogen (secondary N) is 1. The summed E-state index contributed by atoms with van der Waals surface area (Å²) in [5.74, 6) is 0.963. The first-order valence-corrected chi connectivity index (χ1v) is 13.9. The third kappa shape index (κ3) is 4.55. The van der Waals surface area contributed by atoms with Gasteiger partial charge < -0.3 is 13.3 Å². The Morgan fingerprint density at radius 3 is 2.75 bits per heavy atom. The van der Waals surface area contributed by atoms with Crippen molar-refractivity contribution in [3.63, 3.8) is 0 Å². The number of fused-ring (bicyclic) bond motifs is 2. The Hall–Kier alpha value is -2.42. The zero-order valence-corrected chi connectivity index (χ0v) is 23.3. The highest BCUT2D eigenvalue weighted by Gasteiger charge is 2.43. The minimum atomic E-state index is -0.0557. The van der Waals surface area contributed by atoms with Gasteiger partial charge in [-0.05, 0) is 104 Å². The summed E-state index contributed by atoms with van der Waals surface area (Å²) in [6, 6.07) is 10.9. The number of amides is 2. The third-order valence-electron chi connectivity index (χ3n) is 8.49. The standard InChI is InChI=1S/C29H34IN3O3/c1-19-16-21(22-8-10-26(36-30)23-11-14-29(28(22)23)12-3-4-13-29)7-9-24(19)32-20(2)25-6-5-15-33(25)27(35)17-31-18-34/h7-10,16,18,25H,3-6,11-15,17H2,1-2H3,(H,31,34). The largest absolute Gasteiger partial charge is 0.427 e. The number of carbonyl (C=O) groups excluding carboxylic acids is 2. The average molecular weight is 600 g/mol. The van der Waals surface area contributed by atoms with Crippen molar-refractivity contribution < 1.29 is 12.7 Å². The first-order chi connectivity index (χ1) is 17.5. The SMILES string of the molecule is CC(=Nc1ccc(-c2ccc(OI)c3c2C2(CCCC2)CC3)cc1C)C1CCCN1C(=O)CNC=O. The van der Waals surface area contributed by atoms with Gasteiger partial charge in [0.15, 0.2) is 23.0 Å². The third-order valence-corrected chi connectivity index (χ3v) is 8.97. The lowest BCUT2D eigenvalue weighted by Crippen LogP contribution is -2.43. The predicted molar refractivity (Wildman–Crippen MR) is 151 cm³/mol. The lowest BCUT2D eigenvalue weighted by Gasteiger charge is -2.27. The molecule has 1 N–H and O–H groups in total. The van der Waals surface area contributed by atoms with E-state index in [1.165, 1.54) is 54.4 Å². The van der Waals surface area contributed by atoms with E-state index in [1.54, 1.807) is 0 Å². The smallest absolute Gasteiger partial charge is 0.242 e. The number of rotatable bonds is 7. The van der Waals surface area contributed by atoms with Crippen molar-refractivity contribution >= 4 is 46.7 Å². The maximum absolute atomic E-state index is 12.5. The molecule has 3 aliphatic rings. The van der Waals surface area contributed by atoms with Crippen LogP contribution < -0.4 is 8.38 Å². The van der Waals surface area contributed by atoms with Crippen LogP contribution in [0.2, 0.25) is 0 Å². The number of hydrogen-bond acceptors (Lipinski definition) is 4. The van der Waals surface area contributed by atoms with Crippen molar-refractivity contribution in [2.75, 3.05) is 13.1 Å². The van der Waals surface area contributed by atoms with Gasteiger partial charge in [0.05, 0.1) is 18.3 Å². The summed E-state index contributed by atoms with van der Waals surface area (Å²) >= 11 is 2.01. The number of likely N-dealkylation sites (tertiary alicyclic amines) is 1. The molecular formula is C29H34IN3O3. The number of aryl methyl sites for hydroxylation is 1. The zero-order valence-electron chi connectivity index (χ0n) is 21.1. The van der Waals surface area contributed by atoms with Gasteiger partial charge >= 0.3 is 0 Å². The molecule has 2 aromatic rings. The van der Waals surface area contributed by atoms with E-state index in [2.05, 4.69) is 42.6 Å². The van der Waals surface area contributed by atoms with Gasteiger partial charge in [-0.25, -0.2) is 0 Å². The van der Waals surface area contributed by atoms with Gasteiger partial charge in [0.25, 0.3) is 0 Å². The predicted octanol–water partition coefficient (Wildman–Crippen LogP) is 5.98. The highest BCUT2D eigenvalue weighted by atomic mass is 127. The van der Waals surface area contributed by atoms with Crippen LogP contribution >= 0.6 is 23.0 Å². The van der Waals surface area contributed by atoms with Gasteiger partial charge in [-0.2, -0.15) is 0 Å². The maximum Gasteiger partial charge on any atom is 0.242 e. The van der Waals surface area contributed by atoms with Gasteiger partial charge in [-0.3, -0.25) is 14.6 Å². The van der Waals surface area contributed by atoms with Gasteiger partial charge in [-0.1, -0.05) is 25.0 Å². The fraction of sp³-hybridized carbons (Fsp3) is 0.483. The number of halogens is 1. The zero-order chi connectivity index (χ0) is 25.3. The maximum atomic E-state index is 12.5. The summed E-state index contributed by atoms with van der Waals surface area (Å²) in [6.07, 6.45) is 9.92. The molecule has 1 unspecified atom stereocenters. The summed E-state index contributed by atoms with van der Waals surface area (Å²) in [4.78, 5) is 29.9. The molecule has 1 aliphatic heterocycles. The number of hydrogen-bond donors (Lipinski definition) is 1. The Bertz CT molecular complexity index is 1200. The Morgan fingerprint density at radius 2 is 2.03 bits per heavy atom. The Labute approximate surface area is 227 Å². The van der Waals surface area contributed by atoms with Crippen molar-refractivity contribution in [3.8, 4) is 16.9 Å². The summed E-state index contributed by atoms with van der Waals surface area (Å²) in [6.45, 7) is 4.87. The van der Waals surface area contributed by atoms with Crippen LogP contribution in [0.15, 0.2) is 35.3 Å². The first-order valence-electron chi connectivity index (χ1n) is 13.0. The molecule has 2 aromatic carbocycles. The summed E-state index contributed by atoms with van der Waals surface area (Å²) < 4.78 is 5.74. The van der Waals surface area contributed by atoms with E-state index in [9.17, 15) is 9.59 Å². The van der Waals surface area contributed by atoms with Crippen LogP contribution in [0.1, 0.15) is 68.6 Å². The van der Waals surface area contributed by atoms with Crippen LogP contribution in [0.4, 0.5) is 5.69 Å². The van der Waals surface area contributed by atoms with E-state index >= 15 is 0 Å². The monoisotopic (exact) mass is 599 g/mol. The fourth-order valence-electron chi connectivity index (χ4n) is 6.78. The van der Waals surface area contributed by atoms with Crippen LogP contribution in [0.3, 0.4) is 0 Å². The molecule has 1 atom stereocenters. The van der Waals surface area contributed by atoms with Gasteiger partial charge in [0, 0.05) is 12.3 Å². The molecule has 6 nitrogen and oxygen atoms in total. The van der Waals surface area contributed by atoms with Gasteiger partial charge in [0.2, 0.25) is 12.3 Å². The molecule has 2 fully saturated rings. The fourth-order valence-corrected chi connectivity index (χ4v) is 7.19. The second kappa shape index (κ2) is 10.5. The number of carbonyl (C=O) groups is 2. The minimum Gasteiger partial charge on any atom is -0.427 e. The second-order valence-electron chi connectivity index (χ2n) is 10.5. The van der Waals surface area contributed by atoms with E-state index < -0.39 is 0 Å². The molecule has 1 saturated carbocycles. The van der Waals surface area contributed by atoms with Crippen LogP contribution in [0.5, 0.6) is 5.75 Å². The minimum absolute atomic E-state index is 0.0173. The molecular weight excluding hydrogens is 565 g/mol. The van der Waals surface area contributed by atoms with Crippen LogP contribution in [-0.2, 0) is 21.4 Å². The Kier molecular flexibility index (Phi) is 7.37.